The van der Waals surface area contributed by atoms with Crippen molar-refractivity contribution in [1.82, 2.24) is 0 Å². The second-order valence-corrected chi connectivity index (χ2v) is 2.99. The third-order valence-corrected chi connectivity index (χ3v) is 2.19. The Hall–Kier alpha value is -0.330. The lowest BCUT2D eigenvalue weighted by atomic mass is 9.94. The molecular weight excluding hydrogens is 122 g/mol. The minimum atomic E-state index is 0.737. The average Bonchev–Trinajstić information content (AvgIpc) is 1.98. The number of aliphatic imine (C=N–C) groups is 1. The fourth-order valence-electron chi connectivity index (χ4n) is 0.854. The molecule has 0 aromatic rings. The molecule has 1 heteroatoms. The molecule has 0 aliphatic carbocycles. The second-order valence-electron chi connectivity index (χ2n) is 2.99. The van der Waals surface area contributed by atoms with Gasteiger partial charge in [0.15, 0.2) is 0 Å². The summed E-state index contributed by atoms with van der Waals surface area (Å²) in [6.07, 6.45) is 3.15. The maximum absolute atomic E-state index is 4.22. The first kappa shape index (κ1) is 9.67. The molecule has 0 aliphatic heterocycles. The van der Waals surface area contributed by atoms with E-state index in [-0.39, 0.29) is 0 Å². The molecule has 60 valence electrons. The topological polar surface area (TPSA) is 12.4 Å². The highest BCUT2D eigenvalue weighted by molar-refractivity contribution is 5.53. The van der Waals surface area contributed by atoms with Crippen molar-refractivity contribution in [3.8, 4) is 0 Å². The van der Waals surface area contributed by atoms with Crippen LogP contribution >= 0.6 is 0 Å². The summed E-state index contributed by atoms with van der Waals surface area (Å²) in [6.45, 7) is 9.75. The van der Waals surface area contributed by atoms with Gasteiger partial charge in [0.1, 0.15) is 0 Å². The van der Waals surface area contributed by atoms with E-state index in [4.69, 9.17) is 0 Å². The highest BCUT2D eigenvalue weighted by atomic mass is 14.7. The molecular formula is C9H19N. The van der Waals surface area contributed by atoms with E-state index < -0.39 is 0 Å². The molecule has 0 saturated carbocycles. The first-order chi connectivity index (χ1) is 4.72. The fraction of sp³-hybridized carbons (Fsp3) is 0.889. The van der Waals surface area contributed by atoms with E-state index in [9.17, 15) is 0 Å². The van der Waals surface area contributed by atoms with Crippen LogP contribution in [-0.2, 0) is 0 Å². The van der Waals surface area contributed by atoms with Crippen LogP contribution in [0, 0.1) is 11.8 Å². The lowest BCUT2D eigenvalue weighted by Gasteiger charge is -2.14. The second kappa shape index (κ2) is 5.45. The van der Waals surface area contributed by atoms with Crippen LogP contribution < -0.4 is 0 Å². The van der Waals surface area contributed by atoms with Gasteiger partial charge in [-0.05, 0) is 25.0 Å². The van der Waals surface area contributed by atoms with Crippen molar-refractivity contribution in [3.05, 3.63) is 0 Å². The molecule has 0 amide bonds. The SMILES string of the molecule is CC=NCC(C)C(C)CC. The molecule has 1 nitrogen and oxygen atoms in total. The van der Waals surface area contributed by atoms with E-state index in [1.807, 2.05) is 13.1 Å². The minimum absolute atomic E-state index is 0.737. The molecule has 0 aromatic heterocycles. The van der Waals surface area contributed by atoms with E-state index in [1.165, 1.54) is 6.42 Å². The zero-order chi connectivity index (χ0) is 7.98. The molecule has 2 atom stereocenters. The van der Waals surface area contributed by atoms with Crippen LogP contribution in [0.2, 0.25) is 0 Å². The van der Waals surface area contributed by atoms with Gasteiger partial charge in [-0.3, -0.25) is 4.99 Å². The van der Waals surface area contributed by atoms with Gasteiger partial charge in [-0.25, -0.2) is 0 Å². The monoisotopic (exact) mass is 141 g/mol. The first-order valence-corrected chi connectivity index (χ1v) is 4.16. The molecule has 0 aliphatic rings. The Morgan fingerprint density at radius 3 is 2.30 bits per heavy atom. The van der Waals surface area contributed by atoms with Gasteiger partial charge in [-0.2, -0.15) is 0 Å². The Kier molecular flexibility index (Phi) is 5.27. The number of hydrogen-bond donors (Lipinski definition) is 0. The van der Waals surface area contributed by atoms with Gasteiger partial charge in [0, 0.05) is 6.54 Å². The van der Waals surface area contributed by atoms with Crippen LogP contribution in [0.3, 0.4) is 0 Å². The van der Waals surface area contributed by atoms with Gasteiger partial charge >= 0.3 is 0 Å². The first-order valence-electron chi connectivity index (χ1n) is 4.16. The summed E-state index contributed by atoms with van der Waals surface area (Å²) < 4.78 is 0. The van der Waals surface area contributed by atoms with Crippen molar-refractivity contribution in [1.29, 1.82) is 0 Å². The summed E-state index contributed by atoms with van der Waals surface area (Å²) in [7, 11) is 0. The van der Waals surface area contributed by atoms with Crippen molar-refractivity contribution in [2.24, 2.45) is 16.8 Å². The molecule has 0 radical (unpaired) electrons. The molecule has 0 rings (SSSR count). The molecule has 0 heterocycles. The summed E-state index contributed by atoms with van der Waals surface area (Å²) in [6, 6.07) is 0. The van der Waals surface area contributed by atoms with Crippen LogP contribution in [0.15, 0.2) is 4.99 Å². The van der Waals surface area contributed by atoms with Crippen molar-refractivity contribution in [2.45, 2.75) is 34.1 Å². The Bertz CT molecular complexity index is 96.9. The van der Waals surface area contributed by atoms with Crippen LogP contribution in [0.25, 0.3) is 0 Å². The number of rotatable bonds is 4. The molecule has 0 aromatic carbocycles. The van der Waals surface area contributed by atoms with E-state index in [1.54, 1.807) is 0 Å². The van der Waals surface area contributed by atoms with Gasteiger partial charge in [0.25, 0.3) is 0 Å². The van der Waals surface area contributed by atoms with Crippen LogP contribution in [0.1, 0.15) is 34.1 Å². The highest BCUT2D eigenvalue weighted by Crippen LogP contribution is 2.13. The Morgan fingerprint density at radius 1 is 1.30 bits per heavy atom. The van der Waals surface area contributed by atoms with Crippen molar-refractivity contribution < 1.29 is 0 Å². The quantitative estimate of drug-likeness (QED) is 0.534. The van der Waals surface area contributed by atoms with E-state index in [0.29, 0.717) is 0 Å². The maximum Gasteiger partial charge on any atom is 0.0413 e. The summed E-state index contributed by atoms with van der Waals surface area (Å²) in [5.74, 6) is 1.55. The highest BCUT2D eigenvalue weighted by Gasteiger charge is 2.07. The molecule has 0 N–H and O–H groups in total. The molecule has 2 unspecified atom stereocenters. The maximum atomic E-state index is 4.22. The Balaban J connectivity index is 3.50. The Morgan fingerprint density at radius 2 is 1.90 bits per heavy atom. The fourth-order valence-corrected chi connectivity index (χ4v) is 0.854. The van der Waals surface area contributed by atoms with Gasteiger partial charge in [-0.15, -0.1) is 0 Å². The van der Waals surface area contributed by atoms with Crippen molar-refractivity contribution in [3.63, 3.8) is 0 Å². The smallest absolute Gasteiger partial charge is 0.0413 e. The zero-order valence-corrected chi connectivity index (χ0v) is 7.59. The van der Waals surface area contributed by atoms with Gasteiger partial charge in [0.2, 0.25) is 0 Å². The minimum Gasteiger partial charge on any atom is -0.298 e. The summed E-state index contributed by atoms with van der Waals surface area (Å²) in [4.78, 5) is 4.22. The zero-order valence-electron chi connectivity index (χ0n) is 7.59. The molecule has 0 bridgehead atoms. The predicted octanol–water partition coefficient (Wildman–Crippen LogP) is 2.76. The van der Waals surface area contributed by atoms with Crippen LogP contribution in [-0.4, -0.2) is 12.8 Å². The molecule has 0 spiro atoms. The van der Waals surface area contributed by atoms with Gasteiger partial charge < -0.3 is 0 Å². The predicted molar refractivity (Wildman–Crippen MR) is 47.7 cm³/mol. The van der Waals surface area contributed by atoms with Crippen molar-refractivity contribution in [2.75, 3.05) is 6.54 Å². The van der Waals surface area contributed by atoms with E-state index >= 15 is 0 Å². The lowest BCUT2D eigenvalue weighted by Crippen LogP contribution is -2.09. The van der Waals surface area contributed by atoms with Gasteiger partial charge in [0.05, 0.1) is 0 Å². The van der Waals surface area contributed by atoms with Crippen molar-refractivity contribution >= 4 is 6.21 Å². The lowest BCUT2D eigenvalue weighted by molar-refractivity contribution is 0.387. The van der Waals surface area contributed by atoms with Crippen LogP contribution in [0.4, 0.5) is 0 Å². The largest absolute Gasteiger partial charge is 0.298 e. The van der Waals surface area contributed by atoms with E-state index in [0.717, 1.165) is 18.4 Å². The summed E-state index contributed by atoms with van der Waals surface area (Å²) in [5, 5.41) is 0. The van der Waals surface area contributed by atoms with Crippen LogP contribution in [0.5, 0.6) is 0 Å². The van der Waals surface area contributed by atoms with Gasteiger partial charge in [-0.1, -0.05) is 27.2 Å². The molecule has 0 fully saturated rings. The van der Waals surface area contributed by atoms with E-state index in [2.05, 4.69) is 25.8 Å². The number of nitrogens with zero attached hydrogens (tertiary/aromatic N) is 1. The number of hydrogen-bond acceptors (Lipinski definition) is 1. The summed E-state index contributed by atoms with van der Waals surface area (Å²) in [5.41, 5.74) is 0. The third-order valence-electron chi connectivity index (χ3n) is 2.19. The molecule has 0 saturated heterocycles. The summed E-state index contributed by atoms with van der Waals surface area (Å²) >= 11 is 0. The standard InChI is InChI=1S/C9H19N/c1-5-8(3)9(4)7-10-6-2/h6,8-9H,5,7H2,1-4H3. The normalized spacial score (nSPS) is 17.6. The Labute approximate surface area is 64.6 Å². The molecule has 10 heavy (non-hydrogen) atoms. The third kappa shape index (κ3) is 3.65. The average molecular weight is 141 g/mol.